The van der Waals surface area contributed by atoms with Crippen molar-refractivity contribution in [3.05, 3.63) is 65.2 Å². The lowest BCUT2D eigenvalue weighted by Crippen LogP contribution is -2.57. The van der Waals surface area contributed by atoms with E-state index in [9.17, 15) is 4.79 Å². The van der Waals surface area contributed by atoms with Crippen molar-refractivity contribution in [1.82, 2.24) is 4.90 Å². The van der Waals surface area contributed by atoms with Crippen LogP contribution in [0.3, 0.4) is 0 Å². The minimum absolute atomic E-state index is 0.406. The molecule has 0 bridgehead atoms. The summed E-state index contributed by atoms with van der Waals surface area (Å²) in [6, 6.07) is 16.8. The molecular weight excluding hydrogens is 298 g/mol. The number of hydrogen-bond donors (Lipinski definition) is 0. The summed E-state index contributed by atoms with van der Waals surface area (Å²) in [5.74, 6) is 0.965. The Kier molecular flexibility index (Phi) is 4.11. The third kappa shape index (κ3) is 3.09. The van der Waals surface area contributed by atoms with Crippen LogP contribution in [0.2, 0.25) is 0 Å². The van der Waals surface area contributed by atoms with Crippen molar-refractivity contribution in [2.75, 3.05) is 19.6 Å². The first-order valence-electron chi connectivity index (χ1n) is 8.71. The van der Waals surface area contributed by atoms with Gasteiger partial charge in [-0.05, 0) is 41.7 Å². The SMILES string of the molecule is O=CCCN1CC2(Cc3ccc(OCc4ccccc4)cc3C2)C1. The molecular formula is C21H23NO2. The fourth-order valence-electron chi connectivity index (χ4n) is 4.16. The minimum Gasteiger partial charge on any atom is -0.489 e. The van der Waals surface area contributed by atoms with Crippen LogP contribution in [0.5, 0.6) is 5.75 Å². The van der Waals surface area contributed by atoms with Gasteiger partial charge in [0.05, 0.1) is 0 Å². The third-order valence-corrected chi connectivity index (χ3v) is 5.24. The molecule has 0 amide bonds. The van der Waals surface area contributed by atoms with Gasteiger partial charge < -0.3 is 14.4 Å². The largest absolute Gasteiger partial charge is 0.489 e. The second-order valence-corrected chi connectivity index (χ2v) is 7.22. The van der Waals surface area contributed by atoms with Gasteiger partial charge in [0, 0.05) is 31.5 Å². The molecule has 124 valence electrons. The van der Waals surface area contributed by atoms with E-state index in [1.807, 2.05) is 18.2 Å². The van der Waals surface area contributed by atoms with Crippen LogP contribution in [0, 0.1) is 5.41 Å². The van der Waals surface area contributed by atoms with E-state index in [2.05, 4.69) is 35.2 Å². The Labute approximate surface area is 143 Å². The molecule has 0 saturated carbocycles. The number of likely N-dealkylation sites (tertiary alicyclic amines) is 1. The number of aldehydes is 1. The highest BCUT2D eigenvalue weighted by Crippen LogP contribution is 2.44. The topological polar surface area (TPSA) is 29.5 Å². The lowest BCUT2D eigenvalue weighted by Gasteiger charge is -2.48. The van der Waals surface area contributed by atoms with Crippen LogP contribution >= 0.6 is 0 Å². The number of rotatable bonds is 6. The maximum atomic E-state index is 10.5. The summed E-state index contributed by atoms with van der Waals surface area (Å²) in [5, 5.41) is 0. The number of ether oxygens (including phenoxy) is 1. The smallest absolute Gasteiger partial charge is 0.121 e. The summed E-state index contributed by atoms with van der Waals surface area (Å²) in [5.41, 5.74) is 4.51. The molecule has 0 unspecified atom stereocenters. The van der Waals surface area contributed by atoms with Crippen molar-refractivity contribution in [2.45, 2.75) is 25.9 Å². The van der Waals surface area contributed by atoms with Gasteiger partial charge in [-0.1, -0.05) is 36.4 Å². The highest BCUT2D eigenvalue weighted by Gasteiger charge is 2.46. The number of fused-ring (bicyclic) bond motifs is 1. The van der Waals surface area contributed by atoms with E-state index in [4.69, 9.17) is 4.74 Å². The summed E-state index contributed by atoms with van der Waals surface area (Å²) in [6.07, 6.45) is 3.98. The molecule has 3 nitrogen and oxygen atoms in total. The number of hydrogen-bond acceptors (Lipinski definition) is 3. The van der Waals surface area contributed by atoms with Crippen molar-refractivity contribution >= 4 is 6.29 Å². The van der Waals surface area contributed by atoms with Crippen LogP contribution in [0.4, 0.5) is 0 Å². The zero-order valence-electron chi connectivity index (χ0n) is 13.9. The molecule has 0 atom stereocenters. The summed E-state index contributed by atoms with van der Waals surface area (Å²) in [4.78, 5) is 12.9. The summed E-state index contributed by atoms with van der Waals surface area (Å²) < 4.78 is 5.96. The Morgan fingerprint density at radius 1 is 1.04 bits per heavy atom. The number of carbonyl (C=O) groups excluding carboxylic acids is 1. The predicted molar refractivity (Wildman–Crippen MR) is 94.2 cm³/mol. The maximum Gasteiger partial charge on any atom is 0.121 e. The van der Waals surface area contributed by atoms with Gasteiger partial charge in [-0.2, -0.15) is 0 Å². The molecule has 2 aromatic rings. The highest BCUT2D eigenvalue weighted by molar-refractivity contribution is 5.49. The van der Waals surface area contributed by atoms with Gasteiger partial charge in [0.1, 0.15) is 18.6 Å². The van der Waals surface area contributed by atoms with Crippen LogP contribution < -0.4 is 4.74 Å². The monoisotopic (exact) mass is 321 g/mol. The fourth-order valence-corrected chi connectivity index (χ4v) is 4.16. The first-order chi connectivity index (χ1) is 11.8. The van der Waals surface area contributed by atoms with Crippen molar-refractivity contribution < 1.29 is 9.53 Å². The average molecular weight is 321 g/mol. The van der Waals surface area contributed by atoms with Gasteiger partial charge in [-0.15, -0.1) is 0 Å². The van der Waals surface area contributed by atoms with Gasteiger partial charge >= 0.3 is 0 Å². The molecule has 0 radical (unpaired) electrons. The zero-order valence-corrected chi connectivity index (χ0v) is 13.9. The molecule has 2 aliphatic rings. The highest BCUT2D eigenvalue weighted by atomic mass is 16.5. The van der Waals surface area contributed by atoms with E-state index in [1.165, 1.54) is 23.1 Å². The molecule has 3 heteroatoms. The first kappa shape index (κ1) is 15.4. The minimum atomic E-state index is 0.406. The summed E-state index contributed by atoms with van der Waals surface area (Å²) >= 11 is 0. The van der Waals surface area contributed by atoms with Crippen LogP contribution in [0.25, 0.3) is 0 Å². The number of nitrogens with zero attached hydrogens (tertiary/aromatic N) is 1. The van der Waals surface area contributed by atoms with Gasteiger partial charge in [0.25, 0.3) is 0 Å². The quantitative estimate of drug-likeness (QED) is 0.765. The van der Waals surface area contributed by atoms with Crippen molar-refractivity contribution in [3.63, 3.8) is 0 Å². The molecule has 1 fully saturated rings. The molecule has 1 aliphatic heterocycles. The van der Waals surface area contributed by atoms with Crippen LogP contribution in [-0.4, -0.2) is 30.8 Å². The van der Waals surface area contributed by atoms with Crippen molar-refractivity contribution in [2.24, 2.45) is 5.41 Å². The average Bonchev–Trinajstić information content (AvgIpc) is 2.97. The molecule has 1 spiro atoms. The maximum absolute atomic E-state index is 10.5. The van der Waals surface area contributed by atoms with Crippen LogP contribution in [0.15, 0.2) is 48.5 Å². The number of carbonyl (C=O) groups is 1. The van der Waals surface area contributed by atoms with Crippen LogP contribution in [-0.2, 0) is 24.2 Å². The summed E-state index contributed by atoms with van der Waals surface area (Å²) in [7, 11) is 0. The van der Waals surface area contributed by atoms with E-state index in [0.29, 0.717) is 18.4 Å². The second kappa shape index (κ2) is 6.40. The summed E-state index contributed by atoms with van der Waals surface area (Å²) in [6.45, 7) is 3.77. The lowest BCUT2D eigenvalue weighted by molar-refractivity contribution is -0.108. The van der Waals surface area contributed by atoms with Gasteiger partial charge in [-0.3, -0.25) is 0 Å². The molecule has 1 saturated heterocycles. The molecule has 1 heterocycles. The Morgan fingerprint density at radius 2 is 1.83 bits per heavy atom. The Bertz CT molecular complexity index is 720. The number of benzene rings is 2. The van der Waals surface area contributed by atoms with Crippen molar-refractivity contribution in [1.29, 1.82) is 0 Å². The van der Waals surface area contributed by atoms with E-state index in [-0.39, 0.29) is 0 Å². The Balaban J connectivity index is 1.36. The molecule has 2 aromatic carbocycles. The van der Waals surface area contributed by atoms with E-state index in [0.717, 1.165) is 38.1 Å². The van der Waals surface area contributed by atoms with Gasteiger partial charge in [-0.25, -0.2) is 0 Å². The Morgan fingerprint density at radius 3 is 2.62 bits per heavy atom. The molecule has 4 rings (SSSR count). The molecule has 0 aromatic heterocycles. The fraction of sp³-hybridized carbons (Fsp3) is 0.381. The second-order valence-electron chi connectivity index (χ2n) is 7.22. The molecule has 24 heavy (non-hydrogen) atoms. The third-order valence-electron chi connectivity index (χ3n) is 5.24. The predicted octanol–water partition coefficient (Wildman–Crippen LogP) is 3.26. The van der Waals surface area contributed by atoms with Crippen molar-refractivity contribution in [3.8, 4) is 5.75 Å². The molecule has 1 aliphatic carbocycles. The normalized spacial score (nSPS) is 18.2. The first-order valence-corrected chi connectivity index (χ1v) is 8.71. The van der Waals surface area contributed by atoms with E-state index < -0.39 is 0 Å². The standard InChI is InChI=1S/C21H23NO2/c23-10-4-9-22-15-21(16-22)12-18-7-8-20(11-19(18)13-21)24-14-17-5-2-1-3-6-17/h1-3,5-8,10-11H,4,9,12-16H2. The van der Waals surface area contributed by atoms with E-state index in [1.54, 1.807) is 0 Å². The Hall–Kier alpha value is -2.13. The van der Waals surface area contributed by atoms with Gasteiger partial charge in [0.15, 0.2) is 0 Å². The van der Waals surface area contributed by atoms with Crippen LogP contribution in [0.1, 0.15) is 23.1 Å². The zero-order chi connectivity index (χ0) is 16.4. The lowest BCUT2D eigenvalue weighted by atomic mass is 9.77. The van der Waals surface area contributed by atoms with Gasteiger partial charge in [0.2, 0.25) is 0 Å². The van der Waals surface area contributed by atoms with E-state index >= 15 is 0 Å². The molecule has 0 N–H and O–H groups in total.